The zero-order valence-corrected chi connectivity index (χ0v) is 11.8. The lowest BCUT2D eigenvalue weighted by Gasteiger charge is -2.23. The molecule has 0 spiro atoms. The third-order valence-electron chi connectivity index (χ3n) is 3.13. The van der Waals surface area contributed by atoms with Crippen molar-refractivity contribution in [2.45, 2.75) is 32.1 Å². The SMILES string of the molecule is Cc1ccccc1CNCC(C)(C)S(C)(=O)=O. The minimum Gasteiger partial charge on any atom is -0.311 e. The molecule has 17 heavy (non-hydrogen) atoms. The molecule has 0 bridgehead atoms. The Morgan fingerprint density at radius 1 is 1.24 bits per heavy atom. The van der Waals surface area contributed by atoms with Gasteiger partial charge < -0.3 is 5.32 Å². The molecule has 3 nitrogen and oxygen atoms in total. The van der Waals surface area contributed by atoms with Gasteiger partial charge >= 0.3 is 0 Å². The molecule has 1 aromatic rings. The van der Waals surface area contributed by atoms with E-state index in [9.17, 15) is 8.42 Å². The van der Waals surface area contributed by atoms with Crippen molar-refractivity contribution in [1.82, 2.24) is 5.32 Å². The smallest absolute Gasteiger partial charge is 0.153 e. The lowest BCUT2D eigenvalue weighted by molar-refractivity contribution is 0.521. The first-order valence-corrected chi connectivity index (χ1v) is 7.58. The normalized spacial score (nSPS) is 12.7. The van der Waals surface area contributed by atoms with E-state index in [4.69, 9.17) is 0 Å². The molecule has 0 atom stereocenters. The summed E-state index contributed by atoms with van der Waals surface area (Å²) in [6, 6.07) is 8.10. The summed E-state index contributed by atoms with van der Waals surface area (Å²) in [7, 11) is -3.03. The fourth-order valence-corrected chi connectivity index (χ4v) is 1.80. The van der Waals surface area contributed by atoms with E-state index in [2.05, 4.69) is 24.4 Å². The van der Waals surface area contributed by atoms with Crippen molar-refractivity contribution >= 4 is 9.84 Å². The van der Waals surface area contributed by atoms with Crippen LogP contribution in [0.15, 0.2) is 24.3 Å². The van der Waals surface area contributed by atoms with Crippen molar-refractivity contribution < 1.29 is 8.42 Å². The number of benzene rings is 1. The van der Waals surface area contributed by atoms with Gasteiger partial charge in [-0.25, -0.2) is 8.42 Å². The molecular formula is C13H21NO2S. The quantitative estimate of drug-likeness (QED) is 0.874. The Labute approximate surface area is 104 Å². The van der Waals surface area contributed by atoms with Crippen LogP contribution in [0.3, 0.4) is 0 Å². The van der Waals surface area contributed by atoms with Crippen LogP contribution in [0.1, 0.15) is 25.0 Å². The first kappa shape index (κ1) is 14.2. The van der Waals surface area contributed by atoms with E-state index in [1.54, 1.807) is 13.8 Å². The lowest BCUT2D eigenvalue weighted by Crippen LogP contribution is -2.41. The van der Waals surface area contributed by atoms with E-state index in [0.29, 0.717) is 13.1 Å². The van der Waals surface area contributed by atoms with Gasteiger partial charge in [-0.2, -0.15) is 0 Å². The molecular weight excluding hydrogens is 234 g/mol. The van der Waals surface area contributed by atoms with E-state index in [1.165, 1.54) is 17.4 Å². The molecule has 0 heterocycles. The van der Waals surface area contributed by atoms with Gasteiger partial charge in [0.25, 0.3) is 0 Å². The third kappa shape index (κ3) is 3.82. The topological polar surface area (TPSA) is 46.2 Å². The van der Waals surface area contributed by atoms with Crippen LogP contribution in [0.5, 0.6) is 0 Å². The average Bonchev–Trinajstić information content (AvgIpc) is 2.19. The van der Waals surface area contributed by atoms with Crippen LogP contribution < -0.4 is 5.32 Å². The molecule has 0 radical (unpaired) electrons. The van der Waals surface area contributed by atoms with Gasteiger partial charge in [-0.1, -0.05) is 24.3 Å². The van der Waals surface area contributed by atoms with Gasteiger partial charge in [-0.05, 0) is 31.9 Å². The summed E-state index contributed by atoms with van der Waals surface area (Å²) in [4.78, 5) is 0. The Morgan fingerprint density at radius 3 is 2.35 bits per heavy atom. The van der Waals surface area contributed by atoms with Crippen LogP contribution in [0, 0.1) is 6.92 Å². The summed E-state index contributed by atoms with van der Waals surface area (Å²) in [6.07, 6.45) is 1.28. The molecule has 0 aliphatic rings. The number of nitrogens with one attached hydrogen (secondary N) is 1. The van der Waals surface area contributed by atoms with E-state index >= 15 is 0 Å². The Balaban J connectivity index is 2.58. The Bertz CT molecular complexity index is 478. The predicted molar refractivity (Wildman–Crippen MR) is 71.8 cm³/mol. The second kappa shape index (κ2) is 5.19. The molecule has 0 amide bonds. The summed E-state index contributed by atoms with van der Waals surface area (Å²) in [5, 5.41) is 3.21. The Hall–Kier alpha value is -0.870. The second-order valence-electron chi connectivity index (χ2n) is 5.06. The van der Waals surface area contributed by atoms with Crippen LogP contribution in [-0.4, -0.2) is 26.0 Å². The Morgan fingerprint density at radius 2 is 1.82 bits per heavy atom. The van der Waals surface area contributed by atoms with Gasteiger partial charge in [-0.3, -0.25) is 0 Å². The van der Waals surface area contributed by atoms with Crippen molar-refractivity contribution in [3.8, 4) is 0 Å². The molecule has 1 aromatic carbocycles. The fraction of sp³-hybridized carbons (Fsp3) is 0.538. The zero-order chi connectivity index (χ0) is 13.1. The van der Waals surface area contributed by atoms with Gasteiger partial charge in [0.05, 0.1) is 4.75 Å². The van der Waals surface area contributed by atoms with E-state index in [-0.39, 0.29) is 0 Å². The first-order valence-electron chi connectivity index (χ1n) is 5.69. The number of aryl methyl sites for hydroxylation is 1. The molecule has 0 aliphatic carbocycles. The van der Waals surface area contributed by atoms with Crippen LogP contribution in [0.4, 0.5) is 0 Å². The van der Waals surface area contributed by atoms with Crippen molar-refractivity contribution in [1.29, 1.82) is 0 Å². The molecule has 1 N–H and O–H groups in total. The summed E-state index contributed by atoms with van der Waals surface area (Å²) in [5.41, 5.74) is 2.42. The summed E-state index contributed by atoms with van der Waals surface area (Å²) in [6.45, 7) is 6.70. The standard InChI is InChI=1S/C13H21NO2S/c1-11-7-5-6-8-12(11)9-14-10-13(2,3)17(4,15)16/h5-8,14H,9-10H2,1-4H3. The highest BCUT2D eigenvalue weighted by Gasteiger charge is 2.29. The van der Waals surface area contributed by atoms with Crippen LogP contribution >= 0.6 is 0 Å². The van der Waals surface area contributed by atoms with E-state index in [0.717, 1.165) is 0 Å². The molecule has 0 saturated heterocycles. The minimum atomic E-state index is -3.03. The summed E-state index contributed by atoms with van der Waals surface area (Å²) >= 11 is 0. The summed E-state index contributed by atoms with van der Waals surface area (Å²) in [5.74, 6) is 0. The van der Waals surface area contributed by atoms with Gasteiger partial charge in [0.1, 0.15) is 0 Å². The fourth-order valence-electron chi connectivity index (χ4n) is 1.44. The maximum atomic E-state index is 11.5. The van der Waals surface area contributed by atoms with Gasteiger partial charge in [-0.15, -0.1) is 0 Å². The molecule has 0 unspecified atom stereocenters. The second-order valence-corrected chi connectivity index (χ2v) is 7.71. The minimum absolute atomic E-state index is 0.458. The molecule has 4 heteroatoms. The van der Waals surface area contributed by atoms with Crippen LogP contribution in [0.2, 0.25) is 0 Å². The highest BCUT2D eigenvalue weighted by Crippen LogP contribution is 2.14. The van der Waals surface area contributed by atoms with Crippen molar-refractivity contribution in [3.63, 3.8) is 0 Å². The van der Waals surface area contributed by atoms with Crippen molar-refractivity contribution in [2.75, 3.05) is 12.8 Å². The maximum Gasteiger partial charge on any atom is 0.153 e. The van der Waals surface area contributed by atoms with Crippen molar-refractivity contribution in [3.05, 3.63) is 35.4 Å². The van der Waals surface area contributed by atoms with Crippen molar-refractivity contribution in [2.24, 2.45) is 0 Å². The first-order chi connectivity index (χ1) is 7.74. The maximum absolute atomic E-state index is 11.5. The average molecular weight is 255 g/mol. The molecule has 1 rings (SSSR count). The van der Waals surface area contributed by atoms with Crippen LogP contribution in [0.25, 0.3) is 0 Å². The van der Waals surface area contributed by atoms with Crippen LogP contribution in [-0.2, 0) is 16.4 Å². The molecule has 0 aliphatic heterocycles. The van der Waals surface area contributed by atoms with Gasteiger partial charge in [0.15, 0.2) is 9.84 Å². The molecule has 0 saturated carbocycles. The highest BCUT2D eigenvalue weighted by molar-refractivity contribution is 7.92. The number of hydrogen-bond acceptors (Lipinski definition) is 3. The summed E-state index contributed by atoms with van der Waals surface area (Å²) < 4.78 is 22.3. The van der Waals surface area contributed by atoms with E-state index < -0.39 is 14.6 Å². The number of sulfone groups is 1. The third-order valence-corrected chi connectivity index (χ3v) is 5.28. The van der Waals surface area contributed by atoms with Gasteiger partial charge in [0, 0.05) is 19.3 Å². The van der Waals surface area contributed by atoms with E-state index in [1.807, 2.05) is 12.1 Å². The largest absolute Gasteiger partial charge is 0.311 e. The number of hydrogen-bond donors (Lipinski definition) is 1. The zero-order valence-electron chi connectivity index (χ0n) is 10.9. The Kier molecular flexibility index (Phi) is 4.33. The molecule has 96 valence electrons. The highest BCUT2D eigenvalue weighted by atomic mass is 32.2. The van der Waals surface area contributed by atoms with Gasteiger partial charge in [0.2, 0.25) is 0 Å². The lowest BCUT2D eigenvalue weighted by atomic mass is 10.1. The monoisotopic (exact) mass is 255 g/mol. The predicted octanol–water partition coefficient (Wildman–Crippen LogP) is 1.91. The molecule has 0 aromatic heterocycles. The number of rotatable bonds is 5. The molecule has 0 fully saturated rings.